The standard InChI is InChI=1S/C13H17N7/c1-8-10(4-5-14-3)9(2)20(19-8)13-11-12(16-6-15-11)17-7-18-13/h6-7,14H,4-5H2,1-3H3,(H,15,16,17,18). The lowest BCUT2D eigenvalue weighted by Gasteiger charge is -2.05. The van der Waals surface area contributed by atoms with Crippen LogP contribution in [0.2, 0.25) is 0 Å². The molecule has 0 radical (unpaired) electrons. The Morgan fingerprint density at radius 2 is 2.10 bits per heavy atom. The summed E-state index contributed by atoms with van der Waals surface area (Å²) in [5, 5.41) is 7.78. The number of hydrogen-bond acceptors (Lipinski definition) is 5. The first-order valence-corrected chi connectivity index (χ1v) is 6.56. The summed E-state index contributed by atoms with van der Waals surface area (Å²) >= 11 is 0. The zero-order valence-corrected chi connectivity index (χ0v) is 11.8. The molecule has 3 rings (SSSR count). The maximum Gasteiger partial charge on any atom is 0.182 e. The minimum Gasteiger partial charge on any atom is -0.340 e. The highest BCUT2D eigenvalue weighted by Gasteiger charge is 2.16. The summed E-state index contributed by atoms with van der Waals surface area (Å²) in [5.74, 6) is 0.740. The molecule has 0 amide bonds. The molecule has 2 N–H and O–H groups in total. The number of aromatic amines is 1. The highest BCUT2D eigenvalue weighted by Crippen LogP contribution is 2.20. The molecule has 7 heteroatoms. The van der Waals surface area contributed by atoms with E-state index in [1.807, 2.05) is 18.7 Å². The number of nitrogens with zero attached hydrogens (tertiary/aromatic N) is 5. The van der Waals surface area contributed by atoms with Gasteiger partial charge in [0.25, 0.3) is 0 Å². The van der Waals surface area contributed by atoms with Crippen LogP contribution in [-0.2, 0) is 6.42 Å². The molecule has 0 aliphatic heterocycles. The third-order valence-electron chi connectivity index (χ3n) is 3.47. The third kappa shape index (κ3) is 1.96. The lowest BCUT2D eigenvalue weighted by molar-refractivity contribution is 0.781. The first kappa shape index (κ1) is 12.7. The Balaban J connectivity index is 2.13. The van der Waals surface area contributed by atoms with Crippen molar-refractivity contribution in [1.82, 2.24) is 35.0 Å². The topological polar surface area (TPSA) is 84.3 Å². The molecule has 104 valence electrons. The van der Waals surface area contributed by atoms with Gasteiger partial charge in [-0.15, -0.1) is 0 Å². The van der Waals surface area contributed by atoms with E-state index in [9.17, 15) is 0 Å². The van der Waals surface area contributed by atoms with Gasteiger partial charge in [0.15, 0.2) is 11.5 Å². The van der Waals surface area contributed by atoms with E-state index in [0.29, 0.717) is 5.65 Å². The molecule has 7 nitrogen and oxygen atoms in total. The van der Waals surface area contributed by atoms with Crippen molar-refractivity contribution in [3.05, 3.63) is 29.6 Å². The number of hydrogen-bond donors (Lipinski definition) is 2. The molecular formula is C13H17N7. The molecule has 0 spiro atoms. The van der Waals surface area contributed by atoms with Crippen LogP contribution in [0.3, 0.4) is 0 Å². The molecule has 0 aliphatic rings. The summed E-state index contributed by atoms with van der Waals surface area (Å²) in [6.45, 7) is 5.02. The Hall–Kier alpha value is -2.28. The minimum atomic E-state index is 0.652. The molecule has 20 heavy (non-hydrogen) atoms. The van der Waals surface area contributed by atoms with Gasteiger partial charge in [0, 0.05) is 5.69 Å². The molecule has 3 aromatic heterocycles. The van der Waals surface area contributed by atoms with Gasteiger partial charge in [0.2, 0.25) is 0 Å². The molecule has 3 heterocycles. The van der Waals surface area contributed by atoms with E-state index in [0.717, 1.165) is 35.7 Å². The van der Waals surface area contributed by atoms with Crippen molar-refractivity contribution in [1.29, 1.82) is 0 Å². The summed E-state index contributed by atoms with van der Waals surface area (Å²) in [6.07, 6.45) is 4.09. The quantitative estimate of drug-likeness (QED) is 0.737. The van der Waals surface area contributed by atoms with Gasteiger partial charge in [-0.25, -0.2) is 19.6 Å². The Bertz CT molecular complexity index is 740. The summed E-state index contributed by atoms with van der Waals surface area (Å²) in [7, 11) is 1.95. The number of H-pyrrole nitrogens is 1. The normalized spacial score (nSPS) is 11.3. The van der Waals surface area contributed by atoms with E-state index in [1.165, 1.54) is 11.9 Å². The zero-order valence-electron chi connectivity index (χ0n) is 11.8. The summed E-state index contributed by atoms with van der Waals surface area (Å²) in [5.41, 5.74) is 4.85. The second-order valence-corrected chi connectivity index (χ2v) is 4.71. The lowest BCUT2D eigenvalue weighted by atomic mass is 10.1. The van der Waals surface area contributed by atoms with Crippen molar-refractivity contribution in [2.24, 2.45) is 0 Å². The molecule has 0 atom stereocenters. The Kier molecular flexibility index (Phi) is 3.19. The van der Waals surface area contributed by atoms with Gasteiger partial charge in [-0.2, -0.15) is 5.10 Å². The fourth-order valence-electron chi connectivity index (χ4n) is 2.41. The lowest BCUT2D eigenvalue weighted by Crippen LogP contribution is -2.11. The molecule has 0 fully saturated rings. The molecular weight excluding hydrogens is 254 g/mol. The number of nitrogens with one attached hydrogen (secondary N) is 2. The predicted molar refractivity (Wildman–Crippen MR) is 75.9 cm³/mol. The first-order chi connectivity index (χ1) is 9.72. The van der Waals surface area contributed by atoms with Crippen LogP contribution in [0.15, 0.2) is 12.7 Å². The van der Waals surface area contributed by atoms with Gasteiger partial charge in [-0.3, -0.25) is 0 Å². The molecule has 0 unspecified atom stereocenters. The van der Waals surface area contributed by atoms with E-state index >= 15 is 0 Å². The van der Waals surface area contributed by atoms with Gasteiger partial charge in [-0.05, 0) is 39.4 Å². The van der Waals surface area contributed by atoms with Crippen LogP contribution >= 0.6 is 0 Å². The number of imidazole rings is 1. The molecule has 3 aromatic rings. The Labute approximate surface area is 116 Å². The van der Waals surface area contributed by atoms with Crippen molar-refractivity contribution < 1.29 is 0 Å². The Morgan fingerprint density at radius 1 is 1.25 bits per heavy atom. The number of aryl methyl sites for hydroxylation is 1. The second kappa shape index (κ2) is 5.01. The summed E-state index contributed by atoms with van der Waals surface area (Å²) in [4.78, 5) is 15.7. The average Bonchev–Trinajstić information content (AvgIpc) is 3.02. The highest BCUT2D eigenvalue weighted by atomic mass is 15.3. The van der Waals surface area contributed by atoms with Gasteiger partial charge < -0.3 is 10.3 Å². The van der Waals surface area contributed by atoms with Crippen LogP contribution < -0.4 is 5.32 Å². The van der Waals surface area contributed by atoms with E-state index in [-0.39, 0.29) is 0 Å². The van der Waals surface area contributed by atoms with Gasteiger partial charge in [0.05, 0.1) is 12.0 Å². The largest absolute Gasteiger partial charge is 0.340 e. The van der Waals surface area contributed by atoms with E-state index in [2.05, 4.69) is 37.3 Å². The maximum atomic E-state index is 4.61. The predicted octanol–water partition coefficient (Wildman–Crippen LogP) is 0.917. The number of rotatable bonds is 4. The van der Waals surface area contributed by atoms with Crippen molar-refractivity contribution in [3.63, 3.8) is 0 Å². The zero-order chi connectivity index (χ0) is 14.1. The van der Waals surface area contributed by atoms with Crippen LogP contribution in [0.5, 0.6) is 0 Å². The van der Waals surface area contributed by atoms with Crippen molar-refractivity contribution in [3.8, 4) is 5.82 Å². The van der Waals surface area contributed by atoms with E-state index < -0.39 is 0 Å². The number of fused-ring (bicyclic) bond motifs is 1. The van der Waals surface area contributed by atoms with E-state index in [4.69, 9.17) is 0 Å². The smallest absolute Gasteiger partial charge is 0.182 e. The fourth-order valence-corrected chi connectivity index (χ4v) is 2.41. The fraction of sp³-hybridized carbons (Fsp3) is 0.385. The monoisotopic (exact) mass is 271 g/mol. The maximum absolute atomic E-state index is 4.61. The molecule has 0 bridgehead atoms. The molecule has 0 aromatic carbocycles. The molecule has 0 saturated carbocycles. The van der Waals surface area contributed by atoms with Gasteiger partial charge >= 0.3 is 0 Å². The first-order valence-electron chi connectivity index (χ1n) is 6.56. The van der Waals surface area contributed by atoms with Gasteiger partial charge in [-0.1, -0.05) is 0 Å². The van der Waals surface area contributed by atoms with Crippen molar-refractivity contribution in [2.45, 2.75) is 20.3 Å². The number of likely N-dealkylation sites (N-methyl/N-ethyl adjacent to an activating group) is 1. The molecule has 0 aliphatic carbocycles. The molecule has 0 saturated heterocycles. The SMILES string of the molecule is CNCCc1c(C)nn(-c2ncnc3nc[nH]c23)c1C. The minimum absolute atomic E-state index is 0.652. The third-order valence-corrected chi connectivity index (χ3v) is 3.47. The Morgan fingerprint density at radius 3 is 2.90 bits per heavy atom. The highest BCUT2D eigenvalue weighted by molar-refractivity contribution is 5.77. The second-order valence-electron chi connectivity index (χ2n) is 4.71. The van der Waals surface area contributed by atoms with Crippen LogP contribution in [0.1, 0.15) is 17.0 Å². The summed E-state index contributed by atoms with van der Waals surface area (Å²) < 4.78 is 1.86. The van der Waals surface area contributed by atoms with Crippen molar-refractivity contribution in [2.75, 3.05) is 13.6 Å². The van der Waals surface area contributed by atoms with Crippen LogP contribution in [0.4, 0.5) is 0 Å². The van der Waals surface area contributed by atoms with Crippen molar-refractivity contribution >= 4 is 11.2 Å². The van der Waals surface area contributed by atoms with Crippen LogP contribution in [-0.4, -0.2) is 43.3 Å². The van der Waals surface area contributed by atoms with Gasteiger partial charge in [0.1, 0.15) is 11.8 Å². The number of aromatic nitrogens is 6. The van der Waals surface area contributed by atoms with Crippen LogP contribution in [0, 0.1) is 13.8 Å². The van der Waals surface area contributed by atoms with E-state index in [1.54, 1.807) is 6.33 Å². The van der Waals surface area contributed by atoms with Crippen LogP contribution in [0.25, 0.3) is 17.0 Å². The summed E-state index contributed by atoms with van der Waals surface area (Å²) in [6, 6.07) is 0. The average molecular weight is 271 g/mol.